The Balaban J connectivity index is 1.70. The number of nitrogens with zero attached hydrogens (tertiary/aromatic N) is 5. The van der Waals surface area contributed by atoms with Crippen molar-refractivity contribution in [3.05, 3.63) is 45.6 Å². The van der Waals surface area contributed by atoms with Gasteiger partial charge in [0.2, 0.25) is 11.9 Å². The topological polar surface area (TPSA) is 81.7 Å². The van der Waals surface area contributed by atoms with E-state index in [0.717, 1.165) is 17.9 Å². The van der Waals surface area contributed by atoms with Crippen LogP contribution in [-0.4, -0.2) is 64.2 Å². The molecule has 1 N–H and O–H groups in total. The number of aromatic nitrogens is 2. The van der Waals surface area contributed by atoms with E-state index in [2.05, 4.69) is 5.32 Å². The molecule has 0 spiro atoms. The van der Waals surface area contributed by atoms with Gasteiger partial charge in [0.1, 0.15) is 18.1 Å². The number of piperazine rings is 1. The fourth-order valence-electron chi connectivity index (χ4n) is 4.77. The molecule has 3 heterocycles. The first-order valence-corrected chi connectivity index (χ1v) is 12.5. The summed E-state index contributed by atoms with van der Waals surface area (Å²) < 4.78 is 40.3. The number of benzene rings is 1. The summed E-state index contributed by atoms with van der Waals surface area (Å²) in [6, 6.07) is 2.79. The van der Waals surface area contributed by atoms with Crippen LogP contribution in [-0.2, 0) is 22.3 Å². The Morgan fingerprint density at radius 2 is 1.84 bits per heavy atom. The molecule has 1 fully saturated rings. The van der Waals surface area contributed by atoms with Crippen molar-refractivity contribution in [3.8, 4) is 0 Å². The average molecular weight is 539 g/mol. The van der Waals surface area contributed by atoms with Crippen LogP contribution in [0.25, 0.3) is 0 Å². The fourth-order valence-corrected chi connectivity index (χ4v) is 5.00. The summed E-state index contributed by atoms with van der Waals surface area (Å²) in [6.45, 7) is 9.77. The highest BCUT2D eigenvalue weighted by Crippen LogP contribution is 2.40. The third-order valence-electron chi connectivity index (χ3n) is 6.95. The van der Waals surface area contributed by atoms with E-state index in [1.165, 1.54) is 13.0 Å². The molecule has 2 aliphatic heterocycles. The van der Waals surface area contributed by atoms with Gasteiger partial charge >= 0.3 is 6.18 Å². The van der Waals surface area contributed by atoms with Gasteiger partial charge in [-0.15, -0.1) is 0 Å². The highest BCUT2D eigenvalue weighted by atomic mass is 35.5. The molecule has 2 aliphatic rings. The number of anilines is 2. The summed E-state index contributed by atoms with van der Waals surface area (Å²) in [7, 11) is 0. The lowest BCUT2D eigenvalue weighted by Gasteiger charge is -2.34. The second-order valence-electron chi connectivity index (χ2n) is 9.68. The number of fused-ring (bicyclic) bond motifs is 1. The minimum atomic E-state index is -4.58. The van der Waals surface area contributed by atoms with E-state index in [9.17, 15) is 22.8 Å². The summed E-state index contributed by atoms with van der Waals surface area (Å²) in [6.07, 6.45) is -3.72. The molecule has 37 heavy (non-hydrogen) atoms. The van der Waals surface area contributed by atoms with Crippen LogP contribution in [0.15, 0.2) is 18.2 Å². The standard InChI is InChI=1S/C25H30ClF3N6O2/c1-14(2)35-12-18-22(21(35)13-36)31-24(34-9-7-33(8-10-34)16(4)37)32-23(18)30-15(3)17-5-6-20(26)19(11-17)25(27,28)29/h5-6,11,13-15,21H,7-10,12H2,1-4H3,(H,30,31,32)/t15?,21-/m0/s1. The molecule has 4 rings (SSSR count). The van der Waals surface area contributed by atoms with E-state index < -0.39 is 23.8 Å². The van der Waals surface area contributed by atoms with Gasteiger partial charge < -0.3 is 19.9 Å². The van der Waals surface area contributed by atoms with Gasteiger partial charge in [-0.2, -0.15) is 18.2 Å². The zero-order valence-corrected chi connectivity index (χ0v) is 21.9. The summed E-state index contributed by atoms with van der Waals surface area (Å²) >= 11 is 5.81. The molecule has 1 saturated heterocycles. The number of carbonyl (C=O) groups excluding carboxylic acids is 2. The quantitative estimate of drug-likeness (QED) is 0.544. The number of carbonyl (C=O) groups is 2. The zero-order chi connectivity index (χ0) is 27.1. The monoisotopic (exact) mass is 538 g/mol. The van der Waals surface area contributed by atoms with Crippen LogP contribution in [0, 0.1) is 0 Å². The van der Waals surface area contributed by atoms with Crippen LogP contribution in [0.5, 0.6) is 0 Å². The Kier molecular flexibility index (Phi) is 7.66. The smallest absolute Gasteiger partial charge is 0.363 e. The van der Waals surface area contributed by atoms with Crippen LogP contribution < -0.4 is 10.2 Å². The SMILES string of the molecule is CC(=O)N1CCN(c2nc(NC(C)c3ccc(Cl)c(C(F)(F)F)c3)c3c(n2)[C@H](C=O)N(C(C)C)C3)CC1. The van der Waals surface area contributed by atoms with Gasteiger partial charge in [0.05, 0.1) is 16.3 Å². The van der Waals surface area contributed by atoms with E-state index in [1.54, 1.807) is 17.9 Å². The lowest BCUT2D eigenvalue weighted by molar-refractivity contribution is -0.137. The van der Waals surface area contributed by atoms with E-state index in [-0.39, 0.29) is 17.0 Å². The predicted molar refractivity (Wildman–Crippen MR) is 134 cm³/mol. The van der Waals surface area contributed by atoms with Gasteiger partial charge in [-0.25, -0.2) is 4.98 Å². The second-order valence-corrected chi connectivity index (χ2v) is 10.1. The van der Waals surface area contributed by atoms with Gasteiger partial charge in [-0.1, -0.05) is 17.7 Å². The van der Waals surface area contributed by atoms with Crippen molar-refractivity contribution in [2.75, 3.05) is 36.4 Å². The lowest BCUT2D eigenvalue weighted by Crippen LogP contribution is -2.48. The Hall–Kier alpha value is -2.92. The van der Waals surface area contributed by atoms with Gasteiger partial charge in [0.15, 0.2) is 0 Å². The van der Waals surface area contributed by atoms with E-state index >= 15 is 0 Å². The second kappa shape index (κ2) is 10.4. The first-order valence-electron chi connectivity index (χ1n) is 12.2. The van der Waals surface area contributed by atoms with Gasteiger partial charge in [-0.05, 0) is 38.5 Å². The van der Waals surface area contributed by atoms with Crippen molar-refractivity contribution in [2.45, 2.75) is 58.5 Å². The highest BCUT2D eigenvalue weighted by molar-refractivity contribution is 6.31. The summed E-state index contributed by atoms with van der Waals surface area (Å²) in [4.78, 5) is 39.1. The molecule has 1 unspecified atom stereocenters. The van der Waals surface area contributed by atoms with Crippen molar-refractivity contribution in [1.29, 1.82) is 0 Å². The van der Waals surface area contributed by atoms with Gasteiger partial charge in [0, 0.05) is 57.3 Å². The van der Waals surface area contributed by atoms with E-state index in [1.807, 2.05) is 23.6 Å². The molecular weight excluding hydrogens is 509 g/mol. The molecule has 1 aromatic carbocycles. The molecule has 0 aliphatic carbocycles. The number of amides is 1. The maximum Gasteiger partial charge on any atom is 0.417 e. The predicted octanol–water partition coefficient (Wildman–Crippen LogP) is 4.45. The third-order valence-corrected chi connectivity index (χ3v) is 7.28. The first kappa shape index (κ1) is 27.1. The van der Waals surface area contributed by atoms with Crippen molar-refractivity contribution >= 4 is 35.6 Å². The van der Waals surface area contributed by atoms with Crippen molar-refractivity contribution in [2.24, 2.45) is 0 Å². The molecule has 2 atom stereocenters. The number of nitrogens with one attached hydrogen (secondary N) is 1. The molecule has 12 heteroatoms. The molecule has 8 nitrogen and oxygen atoms in total. The van der Waals surface area contributed by atoms with Gasteiger partial charge in [-0.3, -0.25) is 9.69 Å². The number of rotatable bonds is 6. The largest absolute Gasteiger partial charge is 0.417 e. The third kappa shape index (κ3) is 5.52. The normalized spacial score (nSPS) is 19.2. The summed E-state index contributed by atoms with van der Waals surface area (Å²) in [5, 5.41) is 2.91. The zero-order valence-electron chi connectivity index (χ0n) is 21.1. The minimum Gasteiger partial charge on any atom is -0.363 e. The maximum absolute atomic E-state index is 13.4. The van der Waals surface area contributed by atoms with Crippen LogP contribution in [0.1, 0.15) is 62.2 Å². The lowest BCUT2D eigenvalue weighted by atomic mass is 10.0. The average Bonchev–Trinajstić information content (AvgIpc) is 3.23. The Labute approximate surface area is 218 Å². The van der Waals surface area contributed by atoms with Crippen LogP contribution in [0.2, 0.25) is 5.02 Å². The van der Waals surface area contributed by atoms with Crippen LogP contribution >= 0.6 is 11.6 Å². The molecule has 1 amide bonds. The van der Waals surface area contributed by atoms with Crippen molar-refractivity contribution in [3.63, 3.8) is 0 Å². The maximum atomic E-state index is 13.4. The van der Waals surface area contributed by atoms with Crippen LogP contribution in [0.3, 0.4) is 0 Å². The molecule has 0 radical (unpaired) electrons. The molecule has 1 aromatic heterocycles. The number of alkyl halides is 3. The van der Waals surface area contributed by atoms with Crippen LogP contribution in [0.4, 0.5) is 24.9 Å². The first-order chi connectivity index (χ1) is 17.4. The highest BCUT2D eigenvalue weighted by Gasteiger charge is 2.37. The fraction of sp³-hybridized carbons (Fsp3) is 0.520. The Morgan fingerprint density at radius 3 is 2.41 bits per heavy atom. The minimum absolute atomic E-state index is 0.000451. The molecule has 200 valence electrons. The Bertz CT molecular complexity index is 1180. The molecule has 0 saturated carbocycles. The molecule has 2 aromatic rings. The van der Waals surface area contributed by atoms with E-state index in [4.69, 9.17) is 21.6 Å². The van der Waals surface area contributed by atoms with Crippen molar-refractivity contribution < 1.29 is 22.8 Å². The van der Waals surface area contributed by atoms with Gasteiger partial charge in [0.25, 0.3) is 0 Å². The molecule has 0 bridgehead atoms. The Morgan fingerprint density at radius 1 is 1.16 bits per heavy atom. The number of aldehydes is 1. The summed E-state index contributed by atoms with van der Waals surface area (Å²) in [5.41, 5.74) is 0.828. The number of halogens is 4. The summed E-state index contributed by atoms with van der Waals surface area (Å²) in [5.74, 6) is 0.890. The number of hydrogen-bond acceptors (Lipinski definition) is 7. The van der Waals surface area contributed by atoms with Crippen molar-refractivity contribution in [1.82, 2.24) is 19.8 Å². The molecular formula is C25H30ClF3N6O2. The van der Waals surface area contributed by atoms with E-state index in [0.29, 0.717) is 55.7 Å². The number of hydrogen-bond donors (Lipinski definition) is 1.